The van der Waals surface area contributed by atoms with Gasteiger partial charge in [-0.15, -0.1) is 0 Å². The molecule has 0 spiro atoms. The third kappa shape index (κ3) is 6.60. The molecule has 5 nitrogen and oxygen atoms in total. The van der Waals surface area contributed by atoms with Crippen LogP contribution in [0.1, 0.15) is 15.9 Å². The van der Waals surface area contributed by atoms with Crippen LogP contribution < -0.4 is 14.2 Å². The number of benzene rings is 3. The lowest BCUT2D eigenvalue weighted by molar-refractivity contribution is -0.136. The molecule has 0 amide bonds. The average molecular weight is 457 g/mol. The maximum atomic E-state index is 12.2. The fourth-order valence-corrected chi connectivity index (χ4v) is 3.02. The number of rotatable bonds is 8. The van der Waals surface area contributed by atoms with Crippen LogP contribution in [0.4, 0.5) is 0 Å². The SMILES string of the molecule is COc1ccc(C(=O)/C=C/c2ccc(OC(=O)COc3ccc(Cl)cc3Cl)cc2)cc1. The van der Waals surface area contributed by atoms with Crippen LogP contribution in [-0.4, -0.2) is 25.5 Å². The zero-order chi connectivity index (χ0) is 22.2. The van der Waals surface area contributed by atoms with Gasteiger partial charge in [0.05, 0.1) is 12.1 Å². The second-order valence-electron chi connectivity index (χ2n) is 6.33. The Balaban J connectivity index is 1.52. The van der Waals surface area contributed by atoms with Gasteiger partial charge in [0.1, 0.15) is 17.2 Å². The van der Waals surface area contributed by atoms with Crippen molar-refractivity contribution >= 4 is 41.0 Å². The molecular weight excluding hydrogens is 439 g/mol. The molecule has 158 valence electrons. The number of halogens is 2. The predicted molar refractivity (Wildman–Crippen MR) is 120 cm³/mol. The average Bonchev–Trinajstić information content (AvgIpc) is 2.78. The van der Waals surface area contributed by atoms with Crippen LogP contribution in [0.3, 0.4) is 0 Å². The van der Waals surface area contributed by atoms with Gasteiger partial charge in [0.2, 0.25) is 0 Å². The molecule has 0 radical (unpaired) electrons. The van der Waals surface area contributed by atoms with E-state index in [-0.39, 0.29) is 12.4 Å². The summed E-state index contributed by atoms with van der Waals surface area (Å²) in [7, 11) is 1.57. The third-order valence-corrected chi connectivity index (χ3v) is 4.68. The zero-order valence-corrected chi connectivity index (χ0v) is 18.0. The summed E-state index contributed by atoms with van der Waals surface area (Å²) in [4.78, 5) is 24.2. The van der Waals surface area contributed by atoms with E-state index in [4.69, 9.17) is 37.4 Å². The van der Waals surface area contributed by atoms with Gasteiger partial charge in [-0.05, 0) is 66.2 Å². The first kappa shape index (κ1) is 22.4. The van der Waals surface area contributed by atoms with Crippen LogP contribution in [0.25, 0.3) is 6.08 Å². The third-order valence-electron chi connectivity index (χ3n) is 4.15. The van der Waals surface area contributed by atoms with Gasteiger partial charge in [-0.1, -0.05) is 41.4 Å². The summed E-state index contributed by atoms with van der Waals surface area (Å²) in [6.45, 7) is -0.306. The number of allylic oxidation sites excluding steroid dienone is 1. The Morgan fingerprint density at radius 2 is 1.58 bits per heavy atom. The first-order chi connectivity index (χ1) is 14.9. The van der Waals surface area contributed by atoms with Crippen molar-refractivity contribution in [3.05, 3.63) is 94.0 Å². The summed E-state index contributed by atoms with van der Waals surface area (Å²) in [5.41, 5.74) is 1.34. The Morgan fingerprint density at radius 3 is 2.23 bits per heavy atom. The van der Waals surface area contributed by atoms with Crippen molar-refractivity contribution in [2.24, 2.45) is 0 Å². The van der Waals surface area contributed by atoms with E-state index in [1.54, 1.807) is 73.8 Å². The Bertz CT molecular complexity index is 1090. The molecule has 0 atom stereocenters. The van der Waals surface area contributed by atoms with E-state index >= 15 is 0 Å². The summed E-state index contributed by atoms with van der Waals surface area (Å²) < 4.78 is 15.7. The van der Waals surface area contributed by atoms with Gasteiger partial charge in [-0.25, -0.2) is 4.79 Å². The molecule has 7 heteroatoms. The Labute approximate surface area is 189 Å². The van der Waals surface area contributed by atoms with Crippen LogP contribution in [0.15, 0.2) is 72.8 Å². The molecule has 3 aromatic rings. The van der Waals surface area contributed by atoms with E-state index < -0.39 is 5.97 Å². The lowest BCUT2D eigenvalue weighted by atomic mass is 10.1. The highest BCUT2D eigenvalue weighted by Gasteiger charge is 2.09. The molecule has 0 aliphatic rings. The molecule has 0 aromatic heterocycles. The Hall–Kier alpha value is -3.28. The van der Waals surface area contributed by atoms with Crippen LogP contribution in [0, 0.1) is 0 Å². The topological polar surface area (TPSA) is 61.8 Å². The highest BCUT2D eigenvalue weighted by Crippen LogP contribution is 2.27. The van der Waals surface area contributed by atoms with Crippen molar-refractivity contribution in [3.63, 3.8) is 0 Å². The van der Waals surface area contributed by atoms with Crippen molar-refractivity contribution in [1.29, 1.82) is 0 Å². The molecule has 0 aliphatic heterocycles. The number of ketones is 1. The fraction of sp³-hybridized carbons (Fsp3) is 0.0833. The van der Waals surface area contributed by atoms with Crippen molar-refractivity contribution in [3.8, 4) is 17.2 Å². The number of ether oxygens (including phenoxy) is 3. The molecule has 0 saturated carbocycles. The van der Waals surface area contributed by atoms with E-state index in [0.29, 0.717) is 32.9 Å². The zero-order valence-electron chi connectivity index (χ0n) is 16.5. The number of carbonyl (C=O) groups is 2. The number of esters is 1. The minimum absolute atomic E-state index is 0.129. The highest BCUT2D eigenvalue weighted by molar-refractivity contribution is 6.35. The lowest BCUT2D eigenvalue weighted by Gasteiger charge is -2.08. The van der Waals surface area contributed by atoms with Gasteiger partial charge in [-0.2, -0.15) is 0 Å². The molecule has 0 saturated heterocycles. The van der Waals surface area contributed by atoms with Crippen LogP contribution >= 0.6 is 23.2 Å². The molecule has 0 unspecified atom stereocenters. The second kappa shape index (κ2) is 10.7. The number of methoxy groups -OCH3 is 1. The maximum Gasteiger partial charge on any atom is 0.349 e. The van der Waals surface area contributed by atoms with Gasteiger partial charge < -0.3 is 14.2 Å². The molecule has 0 bridgehead atoms. The van der Waals surface area contributed by atoms with Crippen molar-refractivity contribution in [2.45, 2.75) is 0 Å². The standard InChI is InChI=1S/C24H18Cl2O5/c1-29-19-10-5-17(6-11-19)22(27)12-4-16-2-8-20(9-3-16)31-24(28)15-30-23-13-7-18(25)14-21(23)26/h2-14H,15H2,1H3/b12-4+. The van der Waals surface area contributed by atoms with Crippen LogP contribution in [-0.2, 0) is 4.79 Å². The molecule has 0 fully saturated rings. The highest BCUT2D eigenvalue weighted by atomic mass is 35.5. The molecule has 0 N–H and O–H groups in total. The van der Waals surface area contributed by atoms with Gasteiger partial charge >= 0.3 is 5.97 Å². The molecule has 31 heavy (non-hydrogen) atoms. The fourth-order valence-electron chi connectivity index (χ4n) is 2.56. The first-order valence-electron chi connectivity index (χ1n) is 9.19. The summed E-state index contributed by atoms with van der Waals surface area (Å²) in [6, 6.07) is 18.3. The normalized spacial score (nSPS) is 10.7. The lowest BCUT2D eigenvalue weighted by Crippen LogP contribution is -2.17. The van der Waals surface area contributed by atoms with Gasteiger partial charge in [0, 0.05) is 10.6 Å². The quantitative estimate of drug-likeness (QED) is 0.183. The van der Waals surface area contributed by atoms with E-state index in [0.717, 1.165) is 5.56 Å². The van der Waals surface area contributed by atoms with E-state index in [2.05, 4.69) is 0 Å². The Morgan fingerprint density at radius 1 is 0.903 bits per heavy atom. The minimum atomic E-state index is -0.580. The molecule has 0 heterocycles. The summed E-state index contributed by atoms with van der Waals surface area (Å²) in [5, 5.41) is 0.778. The largest absolute Gasteiger partial charge is 0.497 e. The smallest absolute Gasteiger partial charge is 0.349 e. The minimum Gasteiger partial charge on any atom is -0.497 e. The molecule has 3 rings (SSSR count). The number of hydrogen-bond donors (Lipinski definition) is 0. The maximum absolute atomic E-state index is 12.2. The summed E-state index contributed by atoms with van der Waals surface area (Å²) in [6.07, 6.45) is 3.16. The van der Waals surface area contributed by atoms with Crippen LogP contribution in [0.2, 0.25) is 10.0 Å². The number of carbonyl (C=O) groups excluding carboxylic acids is 2. The predicted octanol–water partition coefficient (Wildman–Crippen LogP) is 5.88. The first-order valence-corrected chi connectivity index (χ1v) is 9.95. The molecule has 0 aliphatic carbocycles. The second-order valence-corrected chi connectivity index (χ2v) is 7.18. The van der Waals surface area contributed by atoms with Gasteiger partial charge in [-0.3, -0.25) is 4.79 Å². The summed E-state index contributed by atoms with van der Waals surface area (Å²) in [5.74, 6) is 0.673. The Kier molecular flexibility index (Phi) is 7.70. The van der Waals surface area contributed by atoms with Crippen molar-refractivity contribution in [1.82, 2.24) is 0 Å². The van der Waals surface area contributed by atoms with Gasteiger partial charge in [0.25, 0.3) is 0 Å². The summed E-state index contributed by atoms with van der Waals surface area (Å²) >= 11 is 11.8. The molecular formula is C24H18Cl2O5. The monoisotopic (exact) mass is 456 g/mol. The van der Waals surface area contributed by atoms with E-state index in [9.17, 15) is 9.59 Å². The van der Waals surface area contributed by atoms with Crippen molar-refractivity contribution in [2.75, 3.05) is 13.7 Å². The van der Waals surface area contributed by atoms with E-state index in [1.165, 1.54) is 12.1 Å². The number of hydrogen-bond acceptors (Lipinski definition) is 5. The van der Waals surface area contributed by atoms with E-state index in [1.807, 2.05) is 0 Å². The van der Waals surface area contributed by atoms with Gasteiger partial charge in [0.15, 0.2) is 12.4 Å². The van der Waals surface area contributed by atoms with Crippen molar-refractivity contribution < 1.29 is 23.8 Å². The van der Waals surface area contributed by atoms with Crippen LogP contribution in [0.5, 0.6) is 17.2 Å². The molecule has 3 aromatic carbocycles.